The molecule has 1 N–H and O–H groups in total. The summed E-state index contributed by atoms with van der Waals surface area (Å²) < 4.78 is 1.90. The Bertz CT molecular complexity index is 535. The maximum Gasteiger partial charge on any atom is 0.203 e. The normalized spacial score (nSPS) is 28.4. The molecule has 0 saturated heterocycles. The second-order valence-electron chi connectivity index (χ2n) is 5.36. The fourth-order valence-electron chi connectivity index (χ4n) is 2.82. The van der Waals surface area contributed by atoms with Gasteiger partial charge >= 0.3 is 0 Å². The molecule has 5 nitrogen and oxygen atoms in total. The second kappa shape index (κ2) is 4.55. The van der Waals surface area contributed by atoms with Crippen LogP contribution in [0.25, 0.3) is 5.65 Å². The summed E-state index contributed by atoms with van der Waals surface area (Å²) in [6.45, 7) is 4.66. The third kappa shape index (κ3) is 1.94. The van der Waals surface area contributed by atoms with Gasteiger partial charge in [-0.2, -0.15) is 0 Å². The average molecular weight is 245 g/mol. The van der Waals surface area contributed by atoms with Crippen molar-refractivity contribution in [2.75, 3.05) is 5.32 Å². The van der Waals surface area contributed by atoms with Crippen LogP contribution in [0.4, 0.5) is 5.82 Å². The number of nitrogens with zero attached hydrogens (tertiary/aromatic N) is 4. The predicted molar refractivity (Wildman–Crippen MR) is 70.4 cm³/mol. The van der Waals surface area contributed by atoms with Gasteiger partial charge in [-0.25, -0.2) is 4.98 Å². The van der Waals surface area contributed by atoms with E-state index in [4.69, 9.17) is 0 Å². The molecule has 1 aliphatic rings. The summed E-state index contributed by atoms with van der Waals surface area (Å²) in [5, 5.41) is 11.6. The number of rotatable bonds is 2. The number of aromatic nitrogens is 4. The van der Waals surface area contributed by atoms with Crippen molar-refractivity contribution in [3.8, 4) is 0 Å². The van der Waals surface area contributed by atoms with Crippen LogP contribution in [0.3, 0.4) is 0 Å². The molecule has 0 aromatic carbocycles. The van der Waals surface area contributed by atoms with E-state index in [1.807, 2.05) is 10.6 Å². The third-order valence-electron chi connectivity index (χ3n) is 4.24. The zero-order valence-corrected chi connectivity index (χ0v) is 10.9. The van der Waals surface area contributed by atoms with Gasteiger partial charge in [0.2, 0.25) is 5.65 Å². The van der Waals surface area contributed by atoms with Crippen LogP contribution in [-0.2, 0) is 0 Å². The first-order chi connectivity index (χ1) is 8.75. The Balaban J connectivity index is 1.85. The lowest BCUT2D eigenvalue weighted by molar-refractivity contribution is 0.253. The molecule has 3 rings (SSSR count). The average Bonchev–Trinajstić information content (AvgIpc) is 2.84. The van der Waals surface area contributed by atoms with Gasteiger partial charge in [-0.05, 0) is 18.3 Å². The van der Waals surface area contributed by atoms with E-state index < -0.39 is 0 Å². The van der Waals surface area contributed by atoms with Crippen LogP contribution in [0.1, 0.15) is 33.1 Å². The summed E-state index contributed by atoms with van der Waals surface area (Å²) in [5.74, 6) is 2.29. The molecule has 3 unspecified atom stereocenters. The highest BCUT2D eigenvalue weighted by molar-refractivity contribution is 5.61. The van der Waals surface area contributed by atoms with Crippen molar-refractivity contribution in [1.29, 1.82) is 0 Å². The molecule has 0 amide bonds. The summed E-state index contributed by atoms with van der Waals surface area (Å²) in [6, 6.07) is 0.490. The van der Waals surface area contributed by atoms with Crippen LogP contribution in [0.5, 0.6) is 0 Å². The Labute approximate surface area is 107 Å². The van der Waals surface area contributed by atoms with E-state index in [9.17, 15) is 0 Å². The molecule has 2 heterocycles. The second-order valence-corrected chi connectivity index (χ2v) is 5.36. The lowest BCUT2D eigenvalue weighted by Gasteiger charge is -2.34. The number of hydrogen-bond donors (Lipinski definition) is 1. The van der Waals surface area contributed by atoms with Crippen molar-refractivity contribution in [3.05, 3.63) is 18.7 Å². The molecule has 18 heavy (non-hydrogen) atoms. The fraction of sp³-hybridized carbons (Fsp3) is 0.615. The molecule has 5 heteroatoms. The van der Waals surface area contributed by atoms with Gasteiger partial charge < -0.3 is 5.32 Å². The summed E-state index contributed by atoms with van der Waals surface area (Å²) in [4.78, 5) is 4.40. The zero-order chi connectivity index (χ0) is 12.5. The first-order valence-corrected chi connectivity index (χ1v) is 6.66. The lowest BCUT2D eigenvalue weighted by Crippen LogP contribution is -2.35. The van der Waals surface area contributed by atoms with Gasteiger partial charge in [0.05, 0.1) is 0 Å². The van der Waals surface area contributed by atoms with Crippen molar-refractivity contribution >= 4 is 11.5 Å². The minimum atomic E-state index is 0.490. The highest BCUT2D eigenvalue weighted by Gasteiger charge is 2.27. The van der Waals surface area contributed by atoms with Crippen LogP contribution in [0.15, 0.2) is 18.7 Å². The Kier molecular flexibility index (Phi) is 2.89. The highest BCUT2D eigenvalue weighted by atomic mass is 15.2. The number of fused-ring (bicyclic) bond motifs is 1. The maximum absolute atomic E-state index is 4.40. The Morgan fingerprint density at radius 3 is 3.11 bits per heavy atom. The molecule has 3 atom stereocenters. The van der Waals surface area contributed by atoms with E-state index in [1.54, 1.807) is 12.5 Å². The molecular formula is C13H19N5. The van der Waals surface area contributed by atoms with E-state index in [0.29, 0.717) is 12.0 Å². The molecule has 0 bridgehead atoms. The highest BCUT2D eigenvalue weighted by Crippen LogP contribution is 2.31. The van der Waals surface area contributed by atoms with Gasteiger partial charge in [-0.3, -0.25) is 4.40 Å². The SMILES string of the molecule is CC1CCCC(Nc2nccn3cnnc23)C1C. The van der Waals surface area contributed by atoms with E-state index in [2.05, 4.69) is 34.3 Å². The van der Waals surface area contributed by atoms with Crippen LogP contribution in [0.2, 0.25) is 0 Å². The first kappa shape index (κ1) is 11.4. The molecule has 96 valence electrons. The van der Waals surface area contributed by atoms with Crippen LogP contribution in [-0.4, -0.2) is 25.6 Å². The van der Waals surface area contributed by atoms with E-state index in [0.717, 1.165) is 17.4 Å². The maximum atomic E-state index is 4.40. The van der Waals surface area contributed by atoms with Crippen LogP contribution in [0, 0.1) is 11.8 Å². The Hall–Kier alpha value is -1.65. The minimum absolute atomic E-state index is 0.490. The Morgan fingerprint density at radius 2 is 2.22 bits per heavy atom. The zero-order valence-electron chi connectivity index (χ0n) is 10.9. The molecule has 2 aromatic heterocycles. The van der Waals surface area contributed by atoms with Crippen molar-refractivity contribution < 1.29 is 0 Å². The van der Waals surface area contributed by atoms with Crippen LogP contribution < -0.4 is 5.32 Å². The Morgan fingerprint density at radius 1 is 1.33 bits per heavy atom. The molecule has 1 saturated carbocycles. The van der Waals surface area contributed by atoms with E-state index >= 15 is 0 Å². The van der Waals surface area contributed by atoms with Gasteiger partial charge in [-0.15, -0.1) is 10.2 Å². The fourth-order valence-corrected chi connectivity index (χ4v) is 2.82. The molecule has 0 spiro atoms. The van der Waals surface area contributed by atoms with Crippen molar-refractivity contribution in [2.24, 2.45) is 11.8 Å². The third-order valence-corrected chi connectivity index (χ3v) is 4.24. The summed E-state index contributed by atoms with van der Waals surface area (Å²) in [5.41, 5.74) is 0.808. The van der Waals surface area contributed by atoms with Crippen molar-refractivity contribution in [1.82, 2.24) is 19.6 Å². The summed E-state index contributed by atoms with van der Waals surface area (Å²) >= 11 is 0. The monoisotopic (exact) mass is 245 g/mol. The number of nitrogens with one attached hydrogen (secondary N) is 1. The summed E-state index contributed by atoms with van der Waals surface area (Å²) in [6.07, 6.45) is 9.20. The molecule has 2 aromatic rings. The summed E-state index contributed by atoms with van der Waals surface area (Å²) in [7, 11) is 0. The van der Waals surface area contributed by atoms with Crippen molar-refractivity contribution in [3.63, 3.8) is 0 Å². The minimum Gasteiger partial charge on any atom is -0.364 e. The standard InChI is InChI=1S/C13H19N5/c1-9-4-3-5-11(10(9)2)16-12-13-17-15-8-18(13)7-6-14-12/h6-11H,3-5H2,1-2H3,(H,14,16). The predicted octanol–water partition coefficient (Wildman–Crippen LogP) is 2.36. The molecule has 1 fully saturated rings. The molecule has 0 aliphatic heterocycles. The van der Waals surface area contributed by atoms with E-state index in [-0.39, 0.29) is 0 Å². The van der Waals surface area contributed by atoms with Gasteiger partial charge in [0.1, 0.15) is 6.33 Å². The van der Waals surface area contributed by atoms with Gasteiger partial charge in [-0.1, -0.05) is 26.7 Å². The smallest absolute Gasteiger partial charge is 0.203 e. The van der Waals surface area contributed by atoms with Gasteiger partial charge in [0.15, 0.2) is 5.82 Å². The van der Waals surface area contributed by atoms with E-state index in [1.165, 1.54) is 19.3 Å². The molecule has 1 aliphatic carbocycles. The first-order valence-electron chi connectivity index (χ1n) is 6.66. The van der Waals surface area contributed by atoms with Crippen LogP contribution >= 0.6 is 0 Å². The lowest BCUT2D eigenvalue weighted by atomic mass is 9.78. The topological polar surface area (TPSA) is 55.1 Å². The largest absolute Gasteiger partial charge is 0.364 e. The number of anilines is 1. The van der Waals surface area contributed by atoms with Gasteiger partial charge in [0.25, 0.3) is 0 Å². The quantitative estimate of drug-likeness (QED) is 0.882. The van der Waals surface area contributed by atoms with Crippen molar-refractivity contribution in [2.45, 2.75) is 39.2 Å². The van der Waals surface area contributed by atoms with Gasteiger partial charge in [0, 0.05) is 18.4 Å². The molecule has 0 radical (unpaired) electrons. The number of hydrogen-bond acceptors (Lipinski definition) is 4. The molecular weight excluding hydrogens is 226 g/mol.